The summed E-state index contributed by atoms with van der Waals surface area (Å²) >= 11 is 0. The van der Waals surface area contributed by atoms with Gasteiger partial charge in [0.15, 0.2) is 11.6 Å². The first-order chi connectivity index (χ1) is 8.13. The first kappa shape index (κ1) is 14.0. The van der Waals surface area contributed by atoms with Crippen LogP contribution in [-0.2, 0) is 0 Å². The number of benzene rings is 1. The van der Waals surface area contributed by atoms with Gasteiger partial charge in [-0.3, -0.25) is 0 Å². The summed E-state index contributed by atoms with van der Waals surface area (Å²) in [6, 6.07) is 5.59. The van der Waals surface area contributed by atoms with Crippen LogP contribution < -0.4 is 10.1 Å². The second kappa shape index (κ2) is 6.60. The van der Waals surface area contributed by atoms with E-state index in [2.05, 4.69) is 26.1 Å². The molecule has 1 aromatic rings. The van der Waals surface area contributed by atoms with Crippen molar-refractivity contribution in [2.45, 2.75) is 39.2 Å². The van der Waals surface area contributed by atoms with Crippen molar-refractivity contribution in [2.75, 3.05) is 13.7 Å². The molecule has 0 saturated carbocycles. The predicted molar refractivity (Wildman–Crippen MR) is 69.1 cm³/mol. The minimum atomic E-state index is -0.289. The van der Waals surface area contributed by atoms with Crippen LogP contribution in [0.5, 0.6) is 5.75 Å². The number of hydrogen-bond acceptors (Lipinski definition) is 2. The van der Waals surface area contributed by atoms with Crippen LogP contribution in [0.2, 0.25) is 0 Å². The number of ether oxygens (including phenoxy) is 1. The van der Waals surface area contributed by atoms with Crippen LogP contribution in [0.1, 0.15) is 38.7 Å². The van der Waals surface area contributed by atoms with Crippen molar-refractivity contribution in [1.82, 2.24) is 5.32 Å². The standard InChI is InChI=1S/C14H22FNO/c1-5-13(16-6-2)10(3)11-7-8-14(17-4)12(15)9-11/h7-10,13,16H,5-6H2,1-4H3. The summed E-state index contributed by atoms with van der Waals surface area (Å²) in [5.74, 6) is 0.306. The van der Waals surface area contributed by atoms with Crippen molar-refractivity contribution in [3.05, 3.63) is 29.6 Å². The second-order valence-electron chi connectivity index (χ2n) is 4.26. The van der Waals surface area contributed by atoms with Gasteiger partial charge in [-0.2, -0.15) is 0 Å². The van der Waals surface area contributed by atoms with Gasteiger partial charge in [0.2, 0.25) is 0 Å². The molecule has 2 atom stereocenters. The summed E-state index contributed by atoms with van der Waals surface area (Å²) in [6.45, 7) is 7.28. The summed E-state index contributed by atoms with van der Waals surface area (Å²) in [4.78, 5) is 0. The molecule has 0 radical (unpaired) electrons. The van der Waals surface area contributed by atoms with E-state index in [0.717, 1.165) is 18.5 Å². The Morgan fingerprint density at radius 3 is 2.53 bits per heavy atom. The van der Waals surface area contributed by atoms with Gasteiger partial charge >= 0.3 is 0 Å². The highest BCUT2D eigenvalue weighted by atomic mass is 19.1. The van der Waals surface area contributed by atoms with E-state index in [0.29, 0.717) is 17.7 Å². The first-order valence-electron chi connectivity index (χ1n) is 6.20. The van der Waals surface area contributed by atoms with Crippen LogP contribution in [0.25, 0.3) is 0 Å². The summed E-state index contributed by atoms with van der Waals surface area (Å²) in [7, 11) is 1.48. The lowest BCUT2D eigenvalue weighted by Gasteiger charge is -2.24. The number of methoxy groups -OCH3 is 1. The second-order valence-corrected chi connectivity index (χ2v) is 4.26. The van der Waals surface area contributed by atoms with E-state index in [4.69, 9.17) is 4.74 Å². The molecule has 1 aromatic carbocycles. The van der Waals surface area contributed by atoms with E-state index in [9.17, 15) is 4.39 Å². The van der Waals surface area contributed by atoms with Gasteiger partial charge in [0.1, 0.15) is 0 Å². The Hall–Kier alpha value is -1.09. The van der Waals surface area contributed by atoms with E-state index in [1.165, 1.54) is 7.11 Å². The minimum absolute atomic E-state index is 0.289. The van der Waals surface area contributed by atoms with Gasteiger partial charge in [0.05, 0.1) is 7.11 Å². The van der Waals surface area contributed by atoms with Crippen molar-refractivity contribution in [2.24, 2.45) is 0 Å². The summed E-state index contributed by atoms with van der Waals surface area (Å²) < 4.78 is 18.5. The minimum Gasteiger partial charge on any atom is -0.494 e. The van der Waals surface area contributed by atoms with Crippen molar-refractivity contribution < 1.29 is 9.13 Å². The largest absolute Gasteiger partial charge is 0.494 e. The zero-order chi connectivity index (χ0) is 12.8. The lowest BCUT2D eigenvalue weighted by Crippen LogP contribution is -2.33. The number of nitrogens with one attached hydrogen (secondary N) is 1. The van der Waals surface area contributed by atoms with E-state index < -0.39 is 0 Å². The third-order valence-corrected chi connectivity index (χ3v) is 3.21. The molecule has 0 aliphatic rings. The molecule has 0 aliphatic heterocycles. The van der Waals surface area contributed by atoms with Gasteiger partial charge in [-0.05, 0) is 36.6 Å². The maximum Gasteiger partial charge on any atom is 0.165 e. The van der Waals surface area contributed by atoms with Crippen LogP contribution in [0.15, 0.2) is 18.2 Å². The van der Waals surface area contributed by atoms with E-state index in [1.807, 2.05) is 6.07 Å². The topological polar surface area (TPSA) is 21.3 Å². The summed E-state index contributed by atoms with van der Waals surface area (Å²) in [5, 5.41) is 3.42. The molecule has 0 aliphatic carbocycles. The predicted octanol–water partition coefficient (Wildman–Crippen LogP) is 3.33. The maximum absolute atomic E-state index is 13.6. The van der Waals surface area contributed by atoms with Crippen molar-refractivity contribution in [1.29, 1.82) is 0 Å². The van der Waals surface area contributed by atoms with Crippen LogP contribution in [0.3, 0.4) is 0 Å². The molecule has 3 heteroatoms. The molecule has 17 heavy (non-hydrogen) atoms. The Balaban J connectivity index is 2.87. The highest BCUT2D eigenvalue weighted by Crippen LogP contribution is 2.26. The number of likely N-dealkylation sites (N-methyl/N-ethyl adjacent to an activating group) is 1. The molecule has 2 unspecified atom stereocenters. The van der Waals surface area contributed by atoms with Crippen LogP contribution >= 0.6 is 0 Å². The fourth-order valence-electron chi connectivity index (χ4n) is 2.14. The molecule has 0 heterocycles. The zero-order valence-corrected chi connectivity index (χ0v) is 11.1. The molecule has 0 amide bonds. The monoisotopic (exact) mass is 239 g/mol. The van der Waals surface area contributed by atoms with E-state index in [1.54, 1.807) is 12.1 Å². The van der Waals surface area contributed by atoms with Gasteiger partial charge in [0.25, 0.3) is 0 Å². The molecule has 0 spiro atoms. The fraction of sp³-hybridized carbons (Fsp3) is 0.571. The Bertz CT molecular complexity index is 354. The maximum atomic E-state index is 13.6. The molecule has 0 saturated heterocycles. The van der Waals surface area contributed by atoms with Crippen LogP contribution in [0.4, 0.5) is 4.39 Å². The Morgan fingerprint density at radius 2 is 2.06 bits per heavy atom. The molecule has 1 rings (SSSR count). The Morgan fingerprint density at radius 1 is 1.35 bits per heavy atom. The Labute approximate surface area is 103 Å². The van der Waals surface area contributed by atoms with Gasteiger partial charge in [-0.15, -0.1) is 0 Å². The average molecular weight is 239 g/mol. The van der Waals surface area contributed by atoms with Crippen molar-refractivity contribution in [3.8, 4) is 5.75 Å². The van der Waals surface area contributed by atoms with Gasteiger partial charge in [-0.1, -0.05) is 26.8 Å². The summed E-state index contributed by atoms with van der Waals surface area (Å²) in [6.07, 6.45) is 1.03. The van der Waals surface area contributed by atoms with E-state index in [-0.39, 0.29) is 5.82 Å². The highest BCUT2D eigenvalue weighted by Gasteiger charge is 2.17. The van der Waals surface area contributed by atoms with Crippen LogP contribution in [0, 0.1) is 5.82 Å². The molecular weight excluding hydrogens is 217 g/mol. The van der Waals surface area contributed by atoms with Gasteiger partial charge in [-0.25, -0.2) is 4.39 Å². The highest BCUT2D eigenvalue weighted by molar-refractivity contribution is 5.31. The summed E-state index contributed by atoms with van der Waals surface area (Å²) in [5.41, 5.74) is 1.01. The van der Waals surface area contributed by atoms with Crippen molar-refractivity contribution in [3.63, 3.8) is 0 Å². The quantitative estimate of drug-likeness (QED) is 0.822. The first-order valence-corrected chi connectivity index (χ1v) is 6.20. The third kappa shape index (κ3) is 3.43. The molecule has 1 N–H and O–H groups in total. The molecule has 0 bridgehead atoms. The molecular formula is C14H22FNO. The van der Waals surface area contributed by atoms with E-state index >= 15 is 0 Å². The number of halogens is 1. The number of rotatable bonds is 6. The average Bonchev–Trinajstić information content (AvgIpc) is 2.35. The number of hydrogen-bond donors (Lipinski definition) is 1. The molecule has 0 fully saturated rings. The van der Waals surface area contributed by atoms with Gasteiger partial charge < -0.3 is 10.1 Å². The Kier molecular flexibility index (Phi) is 5.42. The van der Waals surface area contributed by atoms with Crippen molar-refractivity contribution >= 4 is 0 Å². The fourth-order valence-corrected chi connectivity index (χ4v) is 2.14. The molecule has 2 nitrogen and oxygen atoms in total. The zero-order valence-electron chi connectivity index (χ0n) is 11.1. The third-order valence-electron chi connectivity index (χ3n) is 3.21. The van der Waals surface area contributed by atoms with Crippen LogP contribution in [-0.4, -0.2) is 19.7 Å². The lowest BCUT2D eigenvalue weighted by atomic mass is 9.91. The lowest BCUT2D eigenvalue weighted by molar-refractivity contribution is 0.384. The molecule has 96 valence electrons. The normalized spacial score (nSPS) is 14.4. The SMILES string of the molecule is CCNC(CC)C(C)c1ccc(OC)c(F)c1. The smallest absolute Gasteiger partial charge is 0.165 e. The van der Waals surface area contributed by atoms with Gasteiger partial charge in [0, 0.05) is 6.04 Å². The molecule has 0 aromatic heterocycles.